The van der Waals surface area contributed by atoms with Crippen LogP contribution in [0.3, 0.4) is 0 Å². The predicted octanol–water partition coefficient (Wildman–Crippen LogP) is 2.80. The Kier molecular flexibility index (Phi) is 4.00. The van der Waals surface area contributed by atoms with Crippen LogP contribution in [0.4, 0.5) is 18.9 Å². The standard InChI is InChI=1S/C9H7F3INO2/c1-16-5-2-3-7(6(13)4-5)14-8(15)9(10,11)12/h2-4H,1H3,(H,14,15). The first-order valence-electron chi connectivity index (χ1n) is 4.06. The van der Waals surface area contributed by atoms with Crippen LogP contribution in [-0.4, -0.2) is 19.2 Å². The van der Waals surface area contributed by atoms with Crippen LogP contribution in [0.5, 0.6) is 5.75 Å². The lowest BCUT2D eigenvalue weighted by Gasteiger charge is -2.10. The van der Waals surface area contributed by atoms with Crippen molar-refractivity contribution >= 4 is 34.2 Å². The van der Waals surface area contributed by atoms with E-state index in [0.717, 1.165) is 0 Å². The third kappa shape index (κ3) is 3.26. The molecule has 3 nitrogen and oxygen atoms in total. The maximum atomic E-state index is 12.0. The average molecular weight is 345 g/mol. The first kappa shape index (κ1) is 13.1. The molecule has 0 spiro atoms. The molecule has 7 heteroatoms. The maximum Gasteiger partial charge on any atom is 0.471 e. The van der Waals surface area contributed by atoms with E-state index < -0.39 is 12.1 Å². The van der Waals surface area contributed by atoms with Gasteiger partial charge in [-0.05, 0) is 40.8 Å². The molecule has 16 heavy (non-hydrogen) atoms. The third-order valence-electron chi connectivity index (χ3n) is 1.68. The van der Waals surface area contributed by atoms with Gasteiger partial charge in [-0.1, -0.05) is 0 Å². The molecule has 0 radical (unpaired) electrons. The van der Waals surface area contributed by atoms with Crippen LogP contribution in [-0.2, 0) is 4.79 Å². The Labute approximate surface area is 103 Å². The minimum absolute atomic E-state index is 0.101. The lowest BCUT2D eigenvalue weighted by Crippen LogP contribution is -2.30. The molecule has 0 bridgehead atoms. The highest BCUT2D eigenvalue weighted by molar-refractivity contribution is 14.1. The zero-order chi connectivity index (χ0) is 12.3. The second kappa shape index (κ2) is 4.89. The molecule has 88 valence electrons. The van der Waals surface area contributed by atoms with Crippen molar-refractivity contribution in [2.45, 2.75) is 6.18 Å². The third-order valence-corrected chi connectivity index (χ3v) is 2.57. The highest BCUT2D eigenvalue weighted by atomic mass is 127. The van der Waals surface area contributed by atoms with E-state index in [2.05, 4.69) is 0 Å². The van der Waals surface area contributed by atoms with E-state index >= 15 is 0 Å². The van der Waals surface area contributed by atoms with Crippen LogP contribution < -0.4 is 10.1 Å². The van der Waals surface area contributed by atoms with E-state index in [1.165, 1.54) is 25.3 Å². The molecule has 0 aromatic heterocycles. The number of ether oxygens (including phenoxy) is 1. The fourth-order valence-electron chi connectivity index (χ4n) is 0.917. The molecule has 0 heterocycles. The topological polar surface area (TPSA) is 38.3 Å². The number of carbonyl (C=O) groups excluding carboxylic acids is 1. The fraction of sp³-hybridized carbons (Fsp3) is 0.222. The number of rotatable bonds is 2. The molecule has 0 atom stereocenters. The predicted molar refractivity (Wildman–Crippen MR) is 60.4 cm³/mol. The number of hydrogen-bond donors (Lipinski definition) is 1. The molecule has 0 aliphatic rings. The summed E-state index contributed by atoms with van der Waals surface area (Å²) in [5, 5.41) is 1.77. The summed E-state index contributed by atoms with van der Waals surface area (Å²) in [7, 11) is 1.44. The van der Waals surface area contributed by atoms with Crippen LogP contribution in [0.15, 0.2) is 18.2 Å². The van der Waals surface area contributed by atoms with Crippen molar-refractivity contribution < 1.29 is 22.7 Å². The first-order chi connectivity index (χ1) is 7.34. The molecule has 1 rings (SSSR count). The smallest absolute Gasteiger partial charge is 0.471 e. The second-order valence-electron chi connectivity index (χ2n) is 2.80. The summed E-state index contributed by atoms with van der Waals surface area (Å²) in [6.45, 7) is 0. The second-order valence-corrected chi connectivity index (χ2v) is 3.96. The van der Waals surface area contributed by atoms with Gasteiger partial charge in [0.05, 0.1) is 12.8 Å². The number of nitrogens with one attached hydrogen (secondary N) is 1. The van der Waals surface area contributed by atoms with Gasteiger partial charge in [-0.2, -0.15) is 13.2 Å². The largest absolute Gasteiger partial charge is 0.497 e. The summed E-state index contributed by atoms with van der Waals surface area (Å²) in [4.78, 5) is 10.7. The van der Waals surface area contributed by atoms with Gasteiger partial charge in [-0.25, -0.2) is 0 Å². The number of alkyl halides is 3. The van der Waals surface area contributed by atoms with Crippen molar-refractivity contribution in [3.8, 4) is 5.75 Å². The lowest BCUT2D eigenvalue weighted by molar-refractivity contribution is -0.167. The molecule has 0 unspecified atom stereocenters. The van der Waals surface area contributed by atoms with Gasteiger partial charge in [-0.3, -0.25) is 4.79 Å². The van der Waals surface area contributed by atoms with Gasteiger partial charge in [0.25, 0.3) is 0 Å². The van der Waals surface area contributed by atoms with Crippen molar-refractivity contribution in [1.82, 2.24) is 0 Å². The van der Waals surface area contributed by atoms with Crippen molar-refractivity contribution in [1.29, 1.82) is 0 Å². The number of benzene rings is 1. The van der Waals surface area contributed by atoms with Gasteiger partial charge in [0.1, 0.15) is 5.75 Å². The van der Waals surface area contributed by atoms with Crippen LogP contribution >= 0.6 is 22.6 Å². The Balaban J connectivity index is 2.87. The molecule has 0 aliphatic carbocycles. The molecule has 0 fully saturated rings. The lowest BCUT2D eigenvalue weighted by atomic mass is 10.3. The SMILES string of the molecule is COc1ccc(NC(=O)C(F)(F)F)c(I)c1. The molecule has 0 saturated carbocycles. The van der Waals surface area contributed by atoms with Gasteiger partial charge in [0.2, 0.25) is 0 Å². The zero-order valence-corrected chi connectivity index (χ0v) is 10.2. The van der Waals surface area contributed by atoms with Crippen LogP contribution in [0.25, 0.3) is 0 Å². The molecule has 1 aromatic rings. The van der Waals surface area contributed by atoms with E-state index in [0.29, 0.717) is 9.32 Å². The Hall–Kier alpha value is -0.990. The summed E-state index contributed by atoms with van der Waals surface area (Å²) >= 11 is 1.81. The Morgan fingerprint density at radius 1 is 1.44 bits per heavy atom. The van der Waals surface area contributed by atoms with Crippen molar-refractivity contribution in [3.63, 3.8) is 0 Å². The zero-order valence-electron chi connectivity index (χ0n) is 8.06. The van der Waals surface area contributed by atoms with E-state index in [1.54, 1.807) is 5.32 Å². The van der Waals surface area contributed by atoms with E-state index in [9.17, 15) is 18.0 Å². The number of halogens is 4. The summed E-state index contributed by atoms with van der Waals surface area (Å²) in [5.41, 5.74) is 0.101. The molecule has 1 amide bonds. The maximum absolute atomic E-state index is 12.0. The van der Waals surface area contributed by atoms with Gasteiger partial charge < -0.3 is 10.1 Å². The first-order valence-corrected chi connectivity index (χ1v) is 5.14. The number of anilines is 1. The summed E-state index contributed by atoms with van der Waals surface area (Å²) in [5.74, 6) is -1.48. The minimum atomic E-state index is -4.89. The van der Waals surface area contributed by atoms with Gasteiger partial charge in [0, 0.05) is 3.57 Å². The fourth-order valence-corrected chi connectivity index (χ4v) is 1.54. The molecule has 0 saturated heterocycles. The Bertz CT molecular complexity index is 406. The quantitative estimate of drug-likeness (QED) is 0.838. The highest BCUT2D eigenvalue weighted by Crippen LogP contribution is 2.25. The van der Waals surface area contributed by atoms with Crippen LogP contribution in [0.1, 0.15) is 0 Å². The molecular formula is C9H7F3INO2. The average Bonchev–Trinajstić information content (AvgIpc) is 2.19. The highest BCUT2D eigenvalue weighted by Gasteiger charge is 2.38. The van der Waals surface area contributed by atoms with Crippen molar-refractivity contribution in [2.75, 3.05) is 12.4 Å². The Morgan fingerprint density at radius 2 is 2.06 bits per heavy atom. The van der Waals surface area contributed by atoms with Gasteiger partial charge in [-0.15, -0.1) is 0 Å². The molecule has 0 aliphatic heterocycles. The van der Waals surface area contributed by atoms with Crippen molar-refractivity contribution in [3.05, 3.63) is 21.8 Å². The monoisotopic (exact) mass is 345 g/mol. The summed E-state index contributed by atoms with van der Waals surface area (Å²) in [6, 6.07) is 4.34. The summed E-state index contributed by atoms with van der Waals surface area (Å²) < 4.78 is 41.3. The number of amides is 1. The number of carbonyl (C=O) groups is 1. The number of hydrogen-bond acceptors (Lipinski definition) is 2. The summed E-state index contributed by atoms with van der Waals surface area (Å²) in [6.07, 6.45) is -4.89. The van der Waals surface area contributed by atoms with Gasteiger partial charge in [0.15, 0.2) is 0 Å². The van der Waals surface area contributed by atoms with E-state index in [4.69, 9.17) is 4.74 Å². The number of methoxy groups -OCH3 is 1. The van der Waals surface area contributed by atoms with Gasteiger partial charge >= 0.3 is 12.1 Å². The van der Waals surface area contributed by atoms with Crippen LogP contribution in [0, 0.1) is 3.57 Å². The van der Waals surface area contributed by atoms with Crippen LogP contribution in [0.2, 0.25) is 0 Å². The molecular weight excluding hydrogens is 338 g/mol. The van der Waals surface area contributed by atoms with E-state index in [-0.39, 0.29) is 5.69 Å². The van der Waals surface area contributed by atoms with E-state index in [1.807, 2.05) is 22.6 Å². The minimum Gasteiger partial charge on any atom is -0.497 e. The molecule has 1 aromatic carbocycles. The Morgan fingerprint density at radius 3 is 2.50 bits per heavy atom. The molecule has 1 N–H and O–H groups in total. The van der Waals surface area contributed by atoms with Crippen molar-refractivity contribution in [2.24, 2.45) is 0 Å². The normalized spacial score (nSPS) is 11.1.